The van der Waals surface area contributed by atoms with Crippen molar-refractivity contribution in [2.24, 2.45) is 0 Å². The van der Waals surface area contributed by atoms with Crippen LogP contribution in [-0.2, 0) is 14.3 Å². The molecule has 6 nitrogen and oxygen atoms in total. The Balaban J connectivity index is 1.90. The van der Waals surface area contributed by atoms with Gasteiger partial charge in [-0.05, 0) is 80.9 Å². The van der Waals surface area contributed by atoms with Gasteiger partial charge in [-0.2, -0.15) is 0 Å². The van der Waals surface area contributed by atoms with Crippen LogP contribution >= 0.6 is 11.8 Å². The highest BCUT2D eigenvalue weighted by atomic mass is 32.2. The molecule has 1 aliphatic rings. The fraction of sp³-hybridized carbons (Fsp3) is 0.286. The quantitative estimate of drug-likeness (QED) is 0.561. The van der Waals surface area contributed by atoms with Gasteiger partial charge in [-0.3, -0.25) is 14.5 Å². The molecule has 0 bridgehead atoms. The zero-order valence-corrected chi connectivity index (χ0v) is 17.1. The molecule has 146 valence electrons. The van der Waals surface area contributed by atoms with Gasteiger partial charge in [0, 0.05) is 17.6 Å². The second-order valence-electron chi connectivity index (χ2n) is 6.55. The van der Waals surface area contributed by atoms with E-state index in [2.05, 4.69) is 13.0 Å². The molecule has 1 saturated heterocycles. The summed E-state index contributed by atoms with van der Waals surface area (Å²) in [5, 5.41) is -0.471. The molecular weight excluding hydrogens is 376 g/mol. The normalized spacial score (nSPS) is 16.7. The van der Waals surface area contributed by atoms with E-state index in [1.165, 1.54) is 18.1 Å². The topological polar surface area (TPSA) is 68.6 Å². The largest absolute Gasteiger partial charge is 0.464 e. The maximum Gasteiger partial charge on any atom is 0.329 e. The molecule has 2 amide bonds. The van der Waals surface area contributed by atoms with Crippen molar-refractivity contribution in [3.05, 3.63) is 58.3 Å². The van der Waals surface area contributed by atoms with Gasteiger partial charge >= 0.3 is 5.97 Å². The van der Waals surface area contributed by atoms with Crippen LogP contribution in [-0.4, -0.2) is 39.2 Å². The molecule has 1 fully saturated rings. The first-order chi connectivity index (χ1) is 13.3. The van der Waals surface area contributed by atoms with E-state index < -0.39 is 23.2 Å². The monoisotopic (exact) mass is 398 g/mol. The molecule has 0 aliphatic carbocycles. The van der Waals surface area contributed by atoms with Crippen LogP contribution in [0.4, 0.5) is 4.79 Å². The van der Waals surface area contributed by atoms with Gasteiger partial charge in [-0.15, -0.1) is 0 Å². The van der Waals surface area contributed by atoms with Gasteiger partial charge in [-0.1, -0.05) is 6.07 Å². The molecule has 1 aromatic heterocycles. The molecule has 2 aromatic rings. The molecule has 1 atom stereocenters. The van der Waals surface area contributed by atoms with Gasteiger partial charge in [0.05, 0.1) is 11.5 Å². The van der Waals surface area contributed by atoms with Crippen molar-refractivity contribution < 1.29 is 19.1 Å². The molecule has 28 heavy (non-hydrogen) atoms. The van der Waals surface area contributed by atoms with Crippen molar-refractivity contribution in [2.75, 3.05) is 6.61 Å². The molecular formula is C21H22N2O4S. The number of hydrogen-bond acceptors (Lipinski definition) is 5. The summed E-state index contributed by atoms with van der Waals surface area (Å²) >= 11 is 0.831. The highest BCUT2D eigenvalue weighted by Gasteiger charge is 2.41. The van der Waals surface area contributed by atoms with Gasteiger partial charge in [0.15, 0.2) is 0 Å². The molecule has 3 rings (SSSR count). The van der Waals surface area contributed by atoms with Crippen molar-refractivity contribution in [2.45, 2.75) is 33.7 Å². The van der Waals surface area contributed by atoms with Crippen LogP contribution in [0.15, 0.2) is 41.4 Å². The first kappa shape index (κ1) is 19.9. The Morgan fingerprint density at radius 1 is 1.21 bits per heavy atom. The molecule has 2 heterocycles. The van der Waals surface area contributed by atoms with Crippen LogP contribution in [0.25, 0.3) is 11.8 Å². The van der Waals surface area contributed by atoms with E-state index in [1.54, 1.807) is 13.0 Å². The summed E-state index contributed by atoms with van der Waals surface area (Å²) < 4.78 is 6.89. The zero-order chi connectivity index (χ0) is 20.4. The van der Waals surface area contributed by atoms with Crippen molar-refractivity contribution in [3.8, 4) is 5.69 Å². The van der Waals surface area contributed by atoms with Crippen LogP contribution in [0.2, 0.25) is 0 Å². The standard InChI is InChI=1S/C21H22N2O4S/c1-5-27-20(25)15(4)23-19(24)18(28-21(23)26)12-16-7-6-10-22(16)17-9-8-13(2)14(3)11-17/h6-12,15H,5H2,1-4H3/b18-12+/t15-/m0/s1. The number of esters is 1. The summed E-state index contributed by atoms with van der Waals surface area (Å²) in [4.78, 5) is 38.2. The first-order valence-electron chi connectivity index (χ1n) is 9.02. The fourth-order valence-corrected chi connectivity index (χ4v) is 3.83. The molecule has 0 saturated carbocycles. The minimum Gasteiger partial charge on any atom is -0.464 e. The Labute approximate surface area is 168 Å². The van der Waals surface area contributed by atoms with Crippen LogP contribution in [0.5, 0.6) is 0 Å². The molecule has 0 radical (unpaired) electrons. The summed E-state index contributed by atoms with van der Waals surface area (Å²) in [6.45, 7) is 7.47. The van der Waals surface area contributed by atoms with Crippen LogP contribution < -0.4 is 0 Å². The van der Waals surface area contributed by atoms with E-state index in [4.69, 9.17) is 4.74 Å². The number of ether oxygens (including phenoxy) is 1. The number of amides is 2. The molecule has 0 unspecified atom stereocenters. The van der Waals surface area contributed by atoms with Gasteiger partial charge < -0.3 is 9.30 Å². The lowest BCUT2D eigenvalue weighted by molar-refractivity contribution is -0.150. The average molecular weight is 398 g/mol. The minimum atomic E-state index is -0.954. The average Bonchev–Trinajstić information content (AvgIpc) is 3.22. The number of carbonyl (C=O) groups is 3. The minimum absolute atomic E-state index is 0.193. The highest BCUT2D eigenvalue weighted by Crippen LogP contribution is 2.34. The smallest absolute Gasteiger partial charge is 0.329 e. The number of aromatic nitrogens is 1. The lowest BCUT2D eigenvalue weighted by Gasteiger charge is -2.19. The number of benzene rings is 1. The predicted octanol–water partition coefficient (Wildman–Crippen LogP) is 4.08. The number of imide groups is 1. The first-order valence-corrected chi connectivity index (χ1v) is 9.83. The third-order valence-corrected chi connectivity index (χ3v) is 5.55. The highest BCUT2D eigenvalue weighted by molar-refractivity contribution is 8.18. The van der Waals surface area contributed by atoms with E-state index in [9.17, 15) is 14.4 Å². The summed E-state index contributed by atoms with van der Waals surface area (Å²) in [5.74, 6) is -1.08. The number of rotatable bonds is 5. The SMILES string of the molecule is CCOC(=O)[C@H](C)N1C(=O)S/C(=C/c2cccn2-c2ccc(C)c(C)c2)C1=O. The lowest BCUT2D eigenvalue weighted by Crippen LogP contribution is -2.42. The molecule has 7 heteroatoms. The summed E-state index contributed by atoms with van der Waals surface area (Å²) in [7, 11) is 0. The Kier molecular flexibility index (Phi) is 5.74. The van der Waals surface area contributed by atoms with Gasteiger partial charge in [0.1, 0.15) is 6.04 Å². The van der Waals surface area contributed by atoms with E-state index in [0.717, 1.165) is 28.0 Å². The van der Waals surface area contributed by atoms with Gasteiger partial charge in [0.2, 0.25) is 0 Å². The Morgan fingerprint density at radius 2 is 1.96 bits per heavy atom. The molecule has 1 aliphatic heterocycles. The van der Waals surface area contributed by atoms with E-state index in [0.29, 0.717) is 0 Å². The van der Waals surface area contributed by atoms with E-state index in [1.807, 2.05) is 42.0 Å². The third-order valence-electron chi connectivity index (χ3n) is 4.67. The predicted molar refractivity (Wildman–Crippen MR) is 109 cm³/mol. The van der Waals surface area contributed by atoms with Crippen molar-refractivity contribution in [3.63, 3.8) is 0 Å². The maximum absolute atomic E-state index is 12.7. The Bertz CT molecular complexity index is 977. The number of nitrogens with zero attached hydrogens (tertiary/aromatic N) is 2. The second kappa shape index (κ2) is 8.06. The van der Waals surface area contributed by atoms with Crippen molar-refractivity contribution >= 4 is 35.0 Å². The van der Waals surface area contributed by atoms with Gasteiger partial charge in [-0.25, -0.2) is 4.79 Å². The Hall–Kier alpha value is -2.80. The van der Waals surface area contributed by atoms with Gasteiger partial charge in [0.25, 0.3) is 11.1 Å². The molecule has 0 spiro atoms. The number of aryl methyl sites for hydroxylation is 2. The van der Waals surface area contributed by atoms with E-state index in [-0.39, 0.29) is 11.5 Å². The van der Waals surface area contributed by atoms with Crippen molar-refractivity contribution in [1.29, 1.82) is 0 Å². The Morgan fingerprint density at radius 3 is 2.64 bits per heavy atom. The zero-order valence-electron chi connectivity index (χ0n) is 16.3. The van der Waals surface area contributed by atoms with E-state index >= 15 is 0 Å². The van der Waals surface area contributed by atoms with Crippen LogP contribution in [0.3, 0.4) is 0 Å². The number of thioether (sulfide) groups is 1. The third kappa shape index (κ3) is 3.75. The summed E-state index contributed by atoms with van der Waals surface area (Å²) in [5.41, 5.74) is 4.11. The number of carbonyl (C=O) groups excluding carboxylic acids is 3. The maximum atomic E-state index is 12.7. The van der Waals surface area contributed by atoms with Crippen LogP contribution in [0.1, 0.15) is 30.7 Å². The summed E-state index contributed by atoms with van der Waals surface area (Å²) in [6.07, 6.45) is 3.58. The second-order valence-corrected chi connectivity index (χ2v) is 7.54. The fourth-order valence-electron chi connectivity index (χ4n) is 2.94. The molecule has 1 aromatic carbocycles. The molecule has 0 N–H and O–H groups in total. The number of hydrogen-bond donors (Lipinski definition) is 0. The van der Waals surface area contributed by atoms with Crippen molar-refractivity contribution in [1.82, 2.24) is 9.47 Å². The van der Waals surface area contributed by atoms with Crippen LogP contribution in [0, 0.1) is 13.8 Å². The summed E-state index contributed by atoms with van der Waals surface area (Å²) in [6, 6.07) is 8.92. The lowest BCUT2D eigenvalue weighted by atomic mass is 10.1.